The highest BCUT2D eigenvalue weighted by molar-refractivity contribution is 14.1. The monoisotopic (exact) mass is 378 g/mol. The predicted octanol–water partition coefficient (Wildman–Crippen LogP) is 2.94. The maximum atomic E-state index is 8.94. The summed E-state index contributed by atoms with van der Waals surface area (Å²) in [7, 11) is 0. The van der Waals surface area contributed by atoms with E-state index in [0.29, 0.717) is 0 Å². The Morgan fingerprint density at radius 2 is 2.27 bits per heavy atom. The van der Waals surface area contributed by atoms with Crippen molar-refractivity contribution in [3.8, 4) is 11.4 Å². The zero-order valence-corrected chi connectivity index (χ0v) is 11.4. The van der Waals surface area contributed by atoms with Crippen LogP contribution in [-0.4, -0.2) is 15.1 Å². The Hall–Kier alpha value is -0.400. The summed E-state index contributed by atoms with van der Waals surface area (Å²) in [6.45, 7) is -0.0163. The summed E-state index contributed by atoms with van der Waals surface area (Å²) in [6.07, 6.45) is 1.65. The van der Waals surface area contributed by atoms with Crippen LogP contribution in [0.4, 0.5) is 0 Å². The van der Waals surface area contributed by atoms with E-state index in [1.165, 1.54) is 0 Å². The molecule has 0 atom stereocenters. The molecule has 0 fully saturated rings. The summed E-state index contributed by atoms with van der Waals surface area (Å²) >= 11 is 5.68. The molecule has 0 aliphatic heterocycles. The van der Waals surface area contributed by atoms with Crippen molar-refractivity contribution in [1.29, 1.82) is 0 Å². The molecule has 1 aromatic heterocycles. The maximum absolute atomic E-state index is 8.94. The van der Waals surface area contributed by atoms with Crippen molar-refractivity contribution in [2.45, 2.75) is 6.61 Å². The number of aromatic amines is 1. The van der Waals surface area contributed by atoms with E-state index in [2.05, 4.69) is 48.5 Å². The number of nitrogens with zero attached hydrogens (tertiary/aromatic N) is 1. The highest BCUT2D eigenvalue weighted by Crippen LogP contribution is 2.26. The van der Waals surface area contributed by atoms with Crippen molar-refractivity contribution >= 4 is 38.5 Å². The van der Waals surface area contributed by atoms with Gasteiger partial charge < -0.3 is 10.1 Å². The van der Waals surface area contributed by atoms with Crippen LogP contribution in [0, 0.1) is 3.57 Å². The number of aliphatic hydroxyl groups excluding tert-OH is 1. The number of halogens is 2. The molecule has 0 spiro atoms. The lowest BCUT2D eigenvalue weighted by Crippen LogP contribution is -1.86. The average Bonchev–Trinajstić information content (AvgIpc) is 2.70. The summed E-state index contributed by atoms with van der Waals surface area (Å²) in [5.41, 5.74) is 1.76. The lowest BCUT2D eigenvalue weighted by molar-refractivity contribution is 0.277. The predicted molar refractivity (Wildman–Crippen MR) is 70.4 cm³/mol. The zero-order chi connectivity index (χ0) is 10.8. The first-order valence-corrected chi connectivity index (χ1v) is 6.18. The minimum Gasteiger partial charge on any atom is -0.390 e. The van der Waals surface area contributed by atoms with Crippen LogP contribution >= 0.6 is 38.5 Å². The zero-order valence-electron chi connectivity index (χ0n) is 7.67. The molecule has 2 N–H and O–H groups in total. The molecular weight excluding hydrogens is 371 g/mol. The molecule has 3 nitrogen and oxygen atoms in total. The fourth-order valence-electron chi connectivity index (χ4n) is 1.26. The Bertz CT molecular complexity index is 484. The van der Waals surface area contributed by atoms with Gasteiger partial charge in [0.25, 0.3) is 0 Å². The number of nitrogens with one attached hydrogen (secondary N) is 1. The lowest BCUT2D eigenvalue weighted by Gasteiger charge is -2.01. The number of hydrogen-bond donors (Lipinski definition) is 2. The number of benzene rings is 1. The second kappa shape index (κ2) is 4.63. The van der Waals surface area contributed by atoms with Crippen LogP contribution in [0.3, 0.4) is 0 Å². The van der Waals surface area contributed by atoms with Crippen molar-refractivity contribution in [2.24, 2.45) is 0 Å². The van der Waals surface area contributed by atoms with E-state index < -0.39 is 0 Å². The van der Waals surface area contributed by atoms with E-state index in [9.17, 15) is 0 Å². The number of rotatable bonds is 2. The molecule has 0 radical (unpaired) electrons. The number of aromatic nitrogens is 2. The van der Waals surface area contributed by atoms with Gasteiger partial charge in [-0.25, -0.2) is 4.98 Å². The summed E-state index contributed by atoms with van der Waals surface area (Å²) in [5.74, 6) is 0.782. The third-order valence-electron chi connectivity index (χ3n) is 1.98. The Labute approximate surface area is 109 Å². The molecule has 5 heteroatoms. The van der Waals surface area contributed by atoms with Crippen LogP contribution in [-0.2, 0) is 6.61 Å². The largest absolute Gasteiger partial charge is 0.390 e. The molecule has 0 unspecified atom stereocenters. The molecule has 0 amide bonds. The summed E-state index contributed by atoms with van der Waals surface area (Å²) in [5, 5.41) is 8.94. The molecule has 0 saturated heterocycles. The van der Waals surface area contributed by atoms with Crippen LogP contribution in [0.15, 0.2) is 28.9 Å². The second-order valence-electron chi connectivity index (χ2n) is 3.04. The van der Waals surface area contributed by atoms with Gasteiger partial charge in [0.15, 0.2) is 0 Å². The standard InChI is InChI=1S/C10H8BrIN2O/c11-6-1-2-9(12)8(3-6)10-13-4-7(5-15)14-10/h1-4,15H,5H2,(H,13,14). The normalized spacial score (nSPS) is 10.6. The maximum Gasteiger partial charge on any atom is 0.138 e. The third kappa shape index (κ3) is 2.40. The van der Waals surface area contributed by atoms with Gasteiger partial charge in [0.2, 0.25) is 0 Å². The summed E-state index contributed by atoms with van der Waals surface area (Å²) in [6, 6.07) is 6.00. The molecule has 1 aromatic carbocycles. The van der Waals surface area contributed by atoms with Crippen LogP contribution < -0.4 is 0 Å². The Morgan fingerprint density at radius 1 is 1.47 bits per heavy atom. The molecule has 1 heterocycles. The second-order valence-corrected chi connectivity index (χ2v) is 5.12. The Balaban J connectivity index is 2.48. The van der Waals surface area contributed by atoms with Gasteiger partial charge in [0.05, 0.1) is 18.5 Å². The average molecular weight is 379 g/mol. The van der Waals surface area contributed by atoms with Crippen molar-refractivity contribution in [2.75, 3.05) is 0 Å². The van der Waals surface area contributed by atoms with E-state index in [4.69, 9.17) is 5.11 Å². The quantitative estimate of drug-likeness (QED) is 0.789. The number of aliphatic hydroxyl groups is 1. The molecule has 2 rings (SSSR count). The molecule has 15 heavy (non-hydrogen) atoms. The van der Waals surface area contributed by atoms with Gasteiger partial charge in [-0.3, -0.25) is 0 Å². The molecule has 0 aliphatic rings. The van der Waals surface area contributed by atoms with Gasteiger partial charge in [-0.2, -0.15) is 0 Å². The van der Waals surface area contributed by atoms with E-state index in [1.807, 2.05) is 18.2 Å². The third-order valence-corrected chi connectivity index (χ3v) is 3.42. The fraction of sp³-hybridized carbons (Fsp3) is 0.100. The Morgan fingerprint density at radius 3 is 2.93 bits per heavy atom. The highest BCUT2D eigenvalue weighted by atomic mass is 127. The van der Waals surface area contributed by atoms with Crippen molar-refractivity contribution in [1.82, 2.24) is 9.97 Å². The van der Waals surface area contributed by atoms with Crippen LogP contribution in [0.1, 0.15) is 5.69 Å². The first-order valence-electron chi connectivity index (χ1n) is 4.31. The first kappa shape index (κ1) is 11.1. The fourth-order valence-corrected chi connectivity index (χ4v) is 2.21. The van der Waals surface area contributed by atoms with Gasteiger partial charge in [-0.15, -0.1) is 0 Å². The van der Waals surface area contributed by atoms with Crippen molar-refractivity contribution < 1.29 is 5.11 Å². The van der Waals surface area contributed by atoms with Crippen LogP contribution in [0.25, 0.3) is 11.4 Å². The molecule has 0 saturated carbocycles. The number of imidazole rings is 1. The molecule has 0 aliphatic carbocycles. The molecule has 0 bridgehead atoms. The lowest BCUT2D eigenvalue weighted by atomic mass is 10.2. The topological polar surface area (TPSA) is 48.9 Å². The minimum absolute atomic E-state index is 0.0163. The summed E-state index contributed by atoms with van der Waals surface area (Å²) in [4.78, 5) is 7.28. The van der Waals surface area contributed by atoms with Crippen LogP contribution in [0.5, 0.6) is 0 Å². The SMILES string of the molecule is OCc1cnc(-c2cc(Br)ccc2I)[nH]1. The highest BCUT2D eigenvalue weighted by Gasteiger charge is 2.07. The molecule has 2 aromatic rings. The van der Waals surface area contributed by atoms with Crippen molar-refractivity contribution in [3.05, 3.63) is 38.1 Å². The first-order chi connectivity index (χ1) is 7.20. The molecular formula is C10H8BrIN2O. The van der Waals surface area contributed by atoms with Gasteiger partial charge in [0.1, 0.15) is 5.82 Å². The van der Waals surface area contributed by atoms with Gasteiger partial charge in [-0.1, -0.05) is 15.9 Å². The van der Waals surface area contributed by atoms with E-state index in [0.717, 1.165) is 25.1 Å². The molecule has 78 valence electrons. The number of hydrogen-bond acceptors (Lipinski definition) is 2. The van der Waals surface area contributed by atoms with Crippen molar-refractivity contribution in [3.63, 3.8) is 0 Å². The summed E-state index contributed by atoms with van der Waals surface area (Å²) < 4.78 is 2.13. The smallest absolute Gasteiger partial charge is 0.138 e. The Kier molecular flexibility index (Phi) is 3.42. The number of H-pyrrole nitrogens is 1. The van der Waals surface area contributed by atoms with E-state index in [-0.39, 0.29) is 6.61 Å². The van der Waals surface area contributed by atoms with Gasteiger partial charge in [0, 0.05) is 13.6 Å². The van der Waals surface area contributed by atoms with E-state index >= 15 is 0 Å². The van der Waals surface area contributed by atoms with Gasteiger partial charge in [-0.05, 0) is 40.8 Å². The van der Waals surface area contributed by atoms with Gasteiger partial charge >= 0.3 is 0 Å². The van der Waals surface area contributed by atoms with Crippen LogP contribution in [0.2, 0.25) is 0 Å². The van der Waals surface area contributed by atoms with E-state index in [1.54, 1.807) is 6.20 Å². The minimum atomic E-state index is -0.0163.